The van der Waals surface area contributed by atoms with Gasteiger partial charge in [0.1, 0.15) is 0 Å². The van der Waals surface area contributed by atoms with Crippen molar-refractivity contribution in [2.75, 3.05) is 7.11 Å². The van der Waals surface area contributed by atoms with Gasteiger partial charge in [-0.25, -0.2) is 0 Å². The minimum Gasteiger partial charge on any atom is -0.469 e. The Morgan fingerprint density at radius 3 is 3.00 bits per heavy atom. The van der Waals surface area contributed by atoms with E-state index in [1.54, 1.807) is 0 Å². The van der Waals surface area contributed by atoms with Crippen LogP contribution < -0.4 is 0 Å². The van der Waals surface area contributed by atoms with E-state index in [-0.39, 0.29) is 5.97 Å². The molecule has 0 atom stereocenters. The van der Waals surface area contributed by atoms with Crippen molar-refractivity contribution in [3.63, 3.8) is 0 Å². The number of H-pyrrole nitrogens is 1. The standard InChI is InChI=1S/C8H12N2O2/c1-6-5-7(10-9-6)3-4-8(11)12-2/h5H,3-4H2,1-2H3,(H,9,10). The molecule has 0 aliphatic rings. The summed E-state index contributed by atoms with van der Waals surface area (Å²) in [5.41, 5.74) is 1.91. The molecule has 4 heteroatoms. The van der Waals surface area contributed by atoms with E-state index in [9.17, 15) is 4.79 Å². The fourth-order valence-corrected chi connectivity index (χ4v) is 0.935. The summed E-state index contributed by atoms with van der Waals surface area (Å²) in [6.07, 6.45) is 1.03. The summed E-state index contributed by atoms with van der Waals surface area (Å²) in [5, 5.41) is 6.80. The van der Waals surface area contributed by atoms with E-state index in [2.05, 4.69) is 14.9 Å². The highest BCUT2D eigenvalue weighted by atomic mass is 16.5. The highest BCUT2D eigenvalue weighted by Crippen LogP contribution is 2.01. The molecule has 4 nitrogen and oxygen atoms in total. The number of aromatic nitrogens is 2. The van der Waals surface area contributed by atoms with Gasteiger partial charge < -0.3 is 4.74 Å². The summed E-state index contributed by atoms with van der Waals surface area (Å²) in [5.74, 6) is -0.198. The molecule has 1 N–H and O–H groups in total. The molecule has 0 unspecified atom stereocenters. The molecular formula is C8H12N2O2. The zero-order valence-corrected chi connectivity index (χ0v) is 7.26. The predicted molar refractivity (Wildman–Crippen MR) is 43.7 cm³/mol. The lowest BCUT2D eigenvalue weighted by molar-refractivity contribution is -0.140. The lowest BCUT2D eigenvalue weighted by Crippen LogP contribution is -2.01. The normalized spacial score (nSPS) is 9.83. The number of esters is 1. The van der Waals surface area contributed by atoms with Crippen molar-refractivity contribution >= 4 is 5.97 Å². The summed E-state index contributed by atoms with van der Waals surface area (Å²) < 4.78 is 4.50. The molecule has 0 saturated carbocycles. The predicted octanol–water partition coefficient (Wildman–Crippen LogP) is 0.824. The number of nitrogens with one attached hydrogen (secondary N) is 1. The Morgan fingerprint density at radius 1 is 1.75 bits per heavy atom. The monoisotopic (exact) mass is 168 g/mol. The molecule has 1 heterocycles. The van der Waals surface area contributed by atoms with Crippen LogP contribution in [-0.2, 0) is 16.0 Å². The summed E-state index contributed by atoms with van der Waals surface area (Å²) in [6, 6.07) is 1.92. The van der Waals surface area contributed by atoms with Gasteiger partial charge in [0.15, 0.2) is 0 Å². The van der Waals surface area contributed by atoms with Crippen molar-refractivity contribution in [3.8, 4) is 0 Å². The number of nitrogens with zero attached hydrogens (tertiary/aromatic N) is 1. The first-order chi connectivity index (χ1) is 5.72. The molecular weight excluding hydrogens is 156 g/mol. The fraction of sp³-hybridized carbons (Fsp3) is 0.500. The van der Waals surface area contributed by atoms with Crippen LogP contribution in [0.3, 0.4) is 0 Å². The van der Waals surface area contributed by atoms with E-state index in [1.807, 2.05) is 13.0 Å². The number of hydrogen-bond acceptors (Lipinski definition) is 3. The van der Waals surface area contributed by atoms with Crippen molar-refractivity contribution < 1.29 is 9.53 Å². The van der Waals surface area contributed by atoms with Gasteiger partial charge in [0.25, 0.3) is 0 Å². The first-order valence-corrected chi connectivity index (χ1v) is 3.80. The van der Waals surface area contributed by atoms with E-state index in [0.717, 1.165) is 11.4 Å². The first kappa shape index (κ1) is 8.77. The smallest absolute Gasteiger partial charge is 0.305 e. The van der Waals surface area contributed by atoms with Gasteiger partial charge >= 0.3 is 5.97 Å². The molecule has 1 aromatic rings. The Balaban J connectivity index is 2.38. The number of hydrogen-bond donors (Lipinski definition) is 1. The third-order valence-electron chi connectivity index (χ3n) is 1.57. The SMILES string of the molecule is COC(=O)CCc1cc(C)[nH]n1. The molecule has 0 spiro atoms. The minimum atomic E-state index is -0.198. The topological polar surface area (TPSA) is 55.0 Å². The van der Waals surface area contributed by atoms with Crippen LogP contribution in [0, 0.1) is 6.92 Å². The Kier molecular flexibility index (Phi) is 2.85. The molecule has 0 aliphatic heterocycles. The van der Waals surface area contributed by atoms with Gasteiger partial charge in [-0.3, -0.25) is 9.89 Å². The average Bonchev–Trinajstić information content (AvgIpc) is 2.47. The van der Waals surface area contributed by atoms with Crippen LogP contribution in [0.5, 0.6) is 0 Å². The van der Waals surface area contributed by atoms with E-state index in [0.29, 0.717) is 12.8 Å². The summed E-state index contributed by atoms with van der Waals surface area (Å²) in [7, 11) is 1.39. The summed E-state index contributed by atoms with van der Waals surface area (Å²) in [6.45, 7) is 1.93. The van der Waals surface area contributed by atoms with Crippen LogP contribution in [0.2, 0.25) is 0 Å². The van der Waals surface area contributed by atoms with Gasteiger partial charge in [-0.15, -0.1) is 0 Å². The van der Waals surface area contributed by atoms with Gasteiger partial charge in [0.2, 0.25) is 0 Å². The lowest BCUT2D eigenvalue weighted by Gasteiger charge is -1.94. The molecule has 0 amide bonds. The second kappa shape index (κ2) is 3.90. The quantitative estimate of drug-likeness (QED) is 0.680. The van der Waals surface area contributed by atoms with Crippen molar-refractivity contribution in [2.24, 2.45) is 0 Å². The fourth-order valence-electron chi connectivity index (χ4n) is 0.935. The molecule has 66 valence electrons. The third kappa shape index (κ3) is 2.38. The summed E-state index contributed by atoms with van der Waals surface area (Å²) >= 11 is 0. The van der Waals surface area contributed by atoms with Gasteiger partial charge in [-0.1, -0.05) is 0 Å². The zero-order valence-electron chi connectivity index (χ0n) is 7.26. The van der Waals surface area contributed by atoms with Crippen LogP contribution >= 0.6 is 0 Å². The van der Waals surface area contributed by atoms with Crippen molar-refractivity contribution in [1.82, 2.24) is 10.2 Å². The molecule has 0 aliphatic carbocycles. The van der Waals surface area contributed by atoms with Crippen LogP contribution in [-0.4, -0.2) is 23.3 Å². The Labute approximate surface area is 70.9 Å². The number of ether oxygens (including phenoxy) is 1. The molecule has 0 bridgehead atoms. The molecule has 0 fully saturated rings. The lowest BCUT2D eigenvalue weighted by atomic mass is 10.2. The molecule has 0 radical (unpaired) electrons. The van der Waals surface area contributed by atoms with E-state index < -0.39 is 0 Å². The highest BCUT2D eigenvalue weighted by Gasteiger charge is 2.02. The zero-order chi connectivity index (χ0) is 8.97. The van der Waals surface area contributed by atoms with E-state index in [4.69, 9.17) is 0 Å². The number of carbonyl (C=O) groups is 1. The Morgan fingerprint density at radius 2 is 2.50 bits per heavy atom. The van der Waals surface area contributed by atoms with Gasteiger partial charge in [-0.05, 0) is 13.0 Å². The summed E-state index contributed by atoms with van der Waals surface area (Å²) in [4.78, 5) is 10.7. The molecule has 1 rings (SSSR count). The Bertz CT molecular complexity index is 268. The largest absolute Gasteiger partial charge is 0.469 e. The average molecular weight is 168 g/mol. The first-order valence-electron chi connectivity index (χ1n) is 3.80. The van der Waals surface area contributed by atoms with E-state index >= 15 is 0 Å². The highest BCUT2D eigenvalue weighted by molar-refractivity contribution is 5.69. The second-order valence-corrected chi connectivity index (χ2v) is 2.62. The van der Waals surface area contributed by atoms with Crippen LogP contribution in [0.25, 0.3) is 0 Å². The number of aromatic amines is 1. The third-order valence-corrected chi connectivity index (χ3v) is 1.57. The maximum atomic E-state index is 10.7. The van der Waals surface area contributed by atoms with Gasteiger partial charge in [0, 0.05) is 12.1 Å². The molecule has 0 saturated heterocycles. The van der Waals surface area contributed by atoms with Crippen LogP contribution in [0.15, 0.2) is 6.07 Å². The molecule has 12 heavy (non-hydrogen) atoms. The number of methoxy groups -OCH3 is 1. The minimum absolute atomic E-state index is 0.198. The van der Waals surface area contributed by atoms with Crippen LogP contribution in [0.4, 0.5) is 0 Å². The van der Waals surface area contributed by atoms with Crippen molar-refractivity contribution in [3.05, 3.63) is 17.5 Å². The number of carbonyl (C=O) groups excluding carboxylic acids is 1. The maximum Gasteiger partial charge on any atom is 0.305 e. The Hall–Kier alpha value is -1.32. The molecule has 0 aromatic carbocycles. The second-order valence-electron chi connectivity index (χ2n) is 2.62. The van der Waals surface area contributed by atoms with Gasteiger partial charge in [-0.2, -0.15) is 5.10 Å². The van der Waals surface area contributed by atoms with Gasteiger partial charge in [0.05, 0.1) is 19.2 Å². The van der Waals surface area contributed by atoms with E-state index in [1.165, 1.54) is 7.11 Å². The molecule has 1 aromatic heterocycles. The number of rotatable bonds is 3. The van der Waals surface area contributed by atoms with Crippen LogP contribution in [0.1, 0.15) is 17.8 Å². The number of aryl methyl sites for hydroxylation is 2. The van der Waals surface area contributed by atoms with Crippen molar-refractivity contribution in [2.45, 2.75) is 19.8 Å². The maximum absolute atomic E-state index is 10.7. The van der Waals surface area contributed by atoms with Crippen molar-refractivity contribution in [1.29, 1.82) is 0 Å².